The minimum Gasteiger partial charge on any atom is -0.478 e. The number of halogens is 1. The molecule has 2 heterocycles. The van der Waals surface area contributed by atoms with Gasteiger partial charge in [-0.25, -0.2) is 4.98 Å². The maximum absolute atomic E-state index is 6.13. The fourth-order valence-electron chi connectivity index (χ4n) is 1.85. The molecule has 1 fully saturated rings. The van der Waals surface area contributed by atoms with Gasteiger partial charge < -0.3 is 9.30 Å². The number of aromatic nitrogens is 3. The number of aryl methyl sites for hydroxylation is 1. The van der Waals surface area contributed by atoms with Crippen LogP contribution in [0.1, 0.15) is 19.3 Å². The summed E-state index contributed by atoms with van der Waals surface area (Å²) in [6.45, 7) is 0.720. The van der Waals surface area contributed by atoms with E-state index >= 15 is 0 Å². The third-order valence-corrected chi connectivity index (χ3v) is 3.36. The van der Waals surface area contributed by atoms with Crippen LogP contribution in [0.4, 0.5) is 0 Å². The van der Waals surface area contributed by atoms with Crippen molar-refractivity contribution in [1.82, 2.24) is 14.5 Å². The van der Waals surface area contributed by atoms with E-state index in [4.69, 9.17) is 16.3 Å². The molecule has 0 bridgehead atoms. The third kappa shape index (κ3) is 2.22. The van der Waals surface area contributed by atoms with Gasteiger partial charge in [-0.1, -0.05) is 24.4 Å². The Kier molecular flexibility index (Phi) is 2.67. The smallest absolute Gasteiger partial charge is 0.216 e. The van der Waals surface area contributed by atoms with Crippen molar-refractivity contribution >= 4 is 22.8 Å². The predicted octanol–water partition coefficient (Wildman–Crippen LogP) is 2.80. The van der Waals surface area contributed by atoms with Gasteiger partial charge in [-0.3, -0.25) is 0 Å². The van der Waals surface area contributed by atoms with Crippen molar-refractivity contribution in [2.24, 2.45) is 13.0 Å². The highest BCUT2D eigenvalue weighted by Crippen LogP contribution is 2.32. The predicted molar refractivity (Wildman–Crippen MR) is 66.4 cm³/mol. The minimum absolute atomic E-state index is 0.590. The molecule has 3 rings (SSSR count). The lowest BCUT2D eigenvalue weighted by Crippen LogP contribution is -2.01. The maximum Gasteiger partial charge on any atom is 0.216 e. The van der Waals surface area contributed by atoms with Gasteiger partial charge in [0.1, 0.15) is 5.52 Å². The molecular weight excluding hydrogens is 238 g/mol. The first-order chi connectivity index (χ1) is 8.24. The van der Waals surface area contributed by atoms with E-state index in [0.29, 0.717) is 10.9 Å². The van der Waals surface area contributed by atoms with Crippen LogP contribution in [0.15, 0.2) is 12.4 Å². The molecule has 5 heteroatoms. The Labute approximate surface area is 105 Å². The van der Waals surface area contributed by atoms with E-state index in [1.807, 2.05) is 11.6 Å². The van der Waals surface area contributed by atoms with Crippen LogP contribution in [0.25, 0.3) is 11.2 Å². The van der Waals surface area contributed by atoms with Crippen LogP contribution in [0.2, 0.25) is 5.02 Å². The fourth-order valence-corrected chi connectivity index (χ4v) is 2.07. The molecule has 4 nitrogen and oxygen atoms in total. The van der Waals surface area contributed by atoms with Gasteiger partial charge >= 0.3 is 0 Å². The summed E-state index contributed by atoms with van der Waals surface area (Å²) in [6.07, 6.45) is 5.51. The second kappa shape index (κ2) is 4.18. The molecule has 1 aliphatic carbocycles. The molecule has 0 amide bonds. The van der Waals surface area contributed by atoms with Crippen molar-refractivity contribution in [3.63, 3.8) is 0 Å². The monoisotopic (exact) mass is 251 g/mol. The van der Waals surface area contributed by atoms with Crippen LogP contribution in [0.3, 0.4) is 0 Å². The summed E-state index contributed by atoms with van der Waals surface area (Å²) in [5.74, 6) is 1.46. The highest BCUT2D eigenvalue weighted by molar-refractivity contribution is 6.34. The zero-order chi connectivity index (χ0) is 11.8. The average molecular weight is 252 g/mol. The summed E-state index contributed by atoms with van der Waals surface area (Å²) >= 11 is 6.13. The summed E-state index contributed by atoms with van der Waals surface area (Å²) in [6, 6.07) is 1.74. The molecule has 90 valence electrons. The lowest BCUT2D eigenvalue weighted by molar-refractivity contribution is 0.292. The van der Waals surface area contributed by atoms with Crippen LogP contribution in [0.5, 0.6) is 5.88 Å². The lowest BCUT2D eigenvalue weighted by atomic mass is 10.3. The molecule has 0 aromatic carbocycles. The van der Waals surface area contributed by atoms with Crippen molar-refractivity contribution in [3.05, 3.63) is 17.4 Å². The summed E-state index contributed by atoms with van der Waals surface area (Å²) in [5, 5.41) is 0.594. The molecule has 0 atom stereocenters. The Morgan fingerprint density at radius 2 is 2.35 bits per heavy atom. The van der Waals surface area contributed by atoms with Gasteiger partial charge in [0, 0.05) is 13.1 Å². The van der Waals surface area contributed by atoms with Gasteiger partial charge in [0.15, 0.2) is 5.65 Å². The molecule has 1 aliphatic rings. The van der Waals surface area contributed by atoms with Gasteiger partial charge in [0.2, 0.25) is 5.88 Å². The number of nitrogens with zero attached hydrogens (tertiary/aromatic N) is 3. The van der Waals surface area contributed by atoms with Crippen molar-refractivity contribution in [1.29, 1.82) is 0 Å². The summed E-state index contributed by atoms with van der Waals surface area (Å²) < 4.78 is 7.48. The average Bonchev–Trinajstić information content (AvgIpc) is 3.04. The van der Waals surface area contributed by atoms with Gasteiger partial charge in [0.25, 0.3) is 0 Å². The van der Waals surface area contributed by atoms with E-state index < -0.39 is 0 Å². The van der Waals surface area contributed by atoms with Gasteiger partial charge in [-0.15, -0.1) is 0 Å². The summed E-state index contributed by atoms with van der Waals surface area (Å²) in [4.78, 5) is 8.60. The number of ether oxygens (including phenoxy) is 1. The zero-order valence-electron chi connectivity index (χ0n) is 9.69. The molecule has 0 unspecified atom stereocenters. The topological polar surface area (TPSA) is 39.9 Å². The Bertz CT molecular complexity index is 548. The summed E-state index contributed by atoms with van der Waals surface area (Å²) in [7, 11) is 1.90. The number of rotatable bonds is 4. The Hall–Kier alpha value is -1.29. The van der Waals surface area contributed by atoms with Gasteiger partial charge in [0.05, 0.1) is 18.0 Å². The molecule has 1 saturated carbocycles. The zero-order valence-corrected chi connectivity index (χ0v) is 10.4. The number of pyridine rings is 1. The molecule has 17 heavy (non-hydrogen) atoms. The fraction of sp³-hybridized carbons (Fsp3) is 0.500. The first-order valence-corrected chi connectivity index (χ1v) is 6.22. The van der Waals surface area contributed by atoms with E-state index in [9.17, 15) is 0 Å². The highest BCUT2D eigenvalue weighted by atomic mass is 35.5. The van der Waals surface area contributed by atoms with Crippen molar-refractivity contribution < 1.29 is 4.74 Å². The standard InChI is InChI=1S/C12H14ClN3O/c1-16-7-14-11-9(13)6-10(15-12(11)16)17-5-4-8-2-3-8/h6-8H,2-5H2,1H3. The van der Waals surface area contributed by atoms with Crippen LogP contribution in [-0.4, -0.2) is 21.1 Å². The Morgan fingerprint density at radius 3 is 3.12 bits per heavy atom. The summed E-state index contributed by atoms with van der Waals surface area (Å²) in [5.41, 5.74) is 1.49. The molecule has 0 radical (unpaired) electrons. The number of imidazole rings is 1. The third-order valence-electron chi connectivity index (χ3n) is 3.07. The first kappa shape index (κ1) is 10.8. The van der Waals surface area contributed by atoms with E-state index in [0.717, 1.165) is 30.1 Å². The van der Waals surface area contributed by atoms with Gasteiger partial charge in [-0.05, 0) is 12.3 Å². The van der Waals surface area contributed by atoms with Crippen molar-refractivity contribution in [2.75, 3.05) is 6.61 Å². The maximum atomic E-state index is 6.13. The van der Waals surface area contributed by atoms with Crippen molar-refractivity contribution in [2.45, 2.75) is 19.3 Å². The SMILES string of the molecule is Cn1cnc2c(Cl)cc(OCCC3CC3)nc21. The molecule has 2 aromatic heterocycles. The minimum atomic E-state index is 0.590. The number of fused-ring (bicyclic) bond motifs is 1. The first-order valence-electron chi connectivity index (χ1n) is 5.84. The largest absolute Gasteiger partial charge is 0.478 e. The highest BCUT2D eigenvalue weighted by Gasteiger charge is 2.21. The lowest BCUT2D eigenvalue weighted by Gasteiger charge is -2.05. The van der Waals surface area contributed by atoms with Crippen LogP contribution >= 0.6 is 11.6 Å². The molecule has 0 saturated heterocycles. The Balaban J connectivity index is 1.80. The molecule has 2 aromatic rings. The Morgan fingerprint density at radius 1 is 1.53 bits per heavy atom. The number of hydrogen-bond acceptors (Lipinski definition) is 3. The molecular formula is C12H14ClN3O. The second-order valence-corrected chi connectivity index (χ2v) is 4.96. The van der Waals surface area contributed by atoms with E-state index in [-0.39, 0.29) is 0 Å². The van der Waals surface area contributed by atoms with E-state index in [1.165, 1.54) is 12.8 Å². The van der Waals surface area contributed by atoms with Crippen LogP contribution in [-0.2, 0) is 7.05 Å². The molecule has 0 spiro atoms. The second-order valence-electron chi connectivity index (χ2n) is 4.55. The molecule has 0 N–H and O–H groups in total. The van der Waals surface area contributed by atoms with Crippen LogP contribution < -0.4 is 4.74 Å². The number of hydrogen-bond donors (Lipinski definition) is 0. The molecule has 0 aliphatic heterocycles. The van der Waals surface area contributed by atoms with Gasteiger partial charge in [-0.2, -0.15) is 4.98 Å². The van der Waals surface area contributed by atoms with Crippen LogP contribution in [0, 0.1) is 5.92 Å². The normalized spacial score (nSPS) is 15.4. The van der Waals surface area contributed by atoms with Crippen molar-refractivity contribution in [3.8, 4) is 5.88 Å². The van der Waals surface area contributed by atoms with E-state index in [2.05, 4.69) is 9.97 Å². The van der Waals surface area contributed by atoms with E-state index in [1.54, 1.807) is 12.4 Å². The quantitative estimate of drug-likeness (QED) is 0.839.